The number of pyridine rings is 1. The summed E-state index contributed by atoms with van der Waals surface area (Å²) in [6, 6.07) is 6.32. The minimum Gasteiger partial charge on any atom is -0.357 e. The topological polar surface area (TPSA) is 52.0 Å². The van der Waals surface area contributed by atoms with Crippen molar-refractivity contribution in [3.05, 3.63) is 23.9 Å². The fourth-order valence-corrected chi connectivity index (χ4v) is 2.29. The van der Waals surface area contributed by atoms with Crippen LogP contribution in [0.15, 0.2) is 18.3 Å². The predicted molar refractivity (Wildman–Crippen MR) is 75.1 cm³/mol. The van der Waals surface area contributed by atoms with Crippen LogP contribution >= 0.6 is 12.4 Å². The number of piperidine rings is 1. The van der Waals surface area contributed by atoms with Crippen molar-refractivity contribution < 1.29 is 0 Å². The van der Waals surface area contributed by atoms with E-state index in [0.29, 0.717) is 11.6 Å². The summed E-state index contributed by atoms with van der Waals surface area (Å²) in [5, 5.41) is 12.5. The lowest BCUT2D eigenvalue weighted by Crippen LogP contribution is -2.42. The van der Waals surface area contributed by atoms with Gasteiger partial charge in [-0.25, -0.2) is 4.98 Å². The molecule has 5 heteroatoms. The van der Waals surface area contributed by atoms with Crippen LogP contribution in [0, 0.1) is 11.3 Å². The molecule has 1 aliphatic rings. The van der Waals surface area contributed by atoms with E-state index in [4.69, 9.17) is 5.26 Å². The summed E-state index contributed by atoms with van der Waals surface area (Å²) in [7, 11) is 2.00. The molecule has 1 N–H and O–H groups in total. The van der Waals surface area contributed by atoms with E-state index in [1.54, 1.807) is 12.3 Å². The Hall–Kier alpha value is -1.31. The van der Waals surface area contributed by atoms with Crippen LogP contribution in [-0.2, 0) is 0 Å². The van der Waals surface area contributed by atoms with Gasteiger partial charge in [0.25, 0.3) is 0 Å². The lowest BCUT2D eigenvalue weighted by molar-refractivity contribution is 0.403. The van der Waals surface area contributed by atoms with Crippen LogP contribution in [0.4, 0.5) is 5.82 Å². The van der Waals surface area contributed by atoms with Gasteiger partial charge in [0, 0.05) is 25.8 Å². The molecule has 2 rings (SSSR count). The molecule has 1 aliphatic heterocycles. The molecule has 1 atom stereocenters. The third-order valence-electron chi connectivity index (χ3n) is 3.18. The molecule has 0 spiro atoms. The molecule has 1 aromatic rings. The molecule has 0 saturated carbocycles. The first-order chi connectivity index (χ1) is 8.31. The van der Waals surface area contributed by atoms with Gasteiger partial charge in [-0.3, -0.25) is 0 Å². The molecule has 1 aromatic heterocycles. The lowest BCUT2D eigenvalue weighted by Gasteiger charge is -2.29. The highest BCUT2D eigenvalue weighted by molar-refractivity contribution is 5.85. The Kier molecular flexibility index (Phi) is 5.90. The minimum atomic E-state index is 0. The molecule has 1 unspecified atom stereocenters. The van der Waals surface area contributed by atoms with E-state index in [0.717, 1.165) is 18.9 Å². The first-order valence-electron chi connectivity index (χ1n) is 6.11. The number of halogens is 1. The van der Waals surface area contributed by atoms with Gasteiger partial charge >= 0.3 is 0 Å². The second-order valence-corrected chi connectivity index (χ2v) is 4.51. The summed E-state index contributed by atoms with van der Waals surface area (Å²) >= 11 is 0. The quantitative estimate of drug-likeness (QED) is 0.909. The Bertz CT molecular complexity index is 410. The molecule has 0 aliphatic carbocycles. The van der Waals surface area contributed by atoms with Crippen molar-refractivity contribution >= 4 is 18.2 Å². The SMILES string of the molecule is CN(CC1CCCCN1)c1ncccc1C#N.Cl. The molecule has 0 aromatic carbocycles. The van der Waals surface area contributed by atoms with Gasteiger partial charge in [0.1, 0.15) is 11.9 Å². The van der Waals surface area contributed by atoms with Gasteiger partial charge in [-0.2, -0.15) is 5.26 Å². The van der Waals surface area contributed by atoms with E-state index in [-0.39, 0.29) is 12.4 Å². The third kappa shape index (κ3) is 3.59. The zero-order valence-electron chi connectivity index (χ0n) is 10.6. The third-order valence-corrected chi connectivity index (χ3v) is 3.18. The summed E-state index contributed by atoms with van der Waals surface area (Å²) in [6.07, 6.45) is 5.51. The molecule has 1 fully saturated rings. The standard InChI is InChI=1S/C13H18N4.ClH/c1-17(10-12-6-2-3-7-15-12)13-11(9-14)5-4-8-16-13;/h4-5,8,12,15H,2-3,6-7,10H2,1H3;1H. The van der Waals surface area contributed by atoms with E-state index >= 15 is 0 Å². The number of nitrogens with one attached hydrogen (secondary N) is 1. The Morgan fingerprint density at radius 1 is 1.56 bits per heavy atom. The minimum absolute atomic E-state index is 0. The predicted octanol–water partition coefficient (Wildman–Crippen LogP) is 1.95. The molecule has 0 radical (unpaired) electrons. The van der Waals surface area contributed by atoms with Gasteiger partial charge < -0.3 is 10.2 Å². The Balaban J connectivity index is 0.00000162. The molecule has 2 heterocycles. The van der Waals surface area contributed by atoms with Crippen molar-refractivity contribution in [1.29, 1.82) is 5.26 Å². The summed E-state index contributed by atoms with van der Waals surface area (Å²) in [6.45, 7) is 2.01. The molecule has 0 bridgehead atoms. The van der Waals surface area contributed by atoms with Gasteiger partial charge in [-0.1, -0.05) is 6.42 Å². The monoisotopic (exact) mass is 266 g/mol. The van der Waals surface area contributed by atoms with Gasteiger partial charge in [0.05, 0.1) is 5.56 Å². The van der Waals surface area contributed by atoms with Crippen LogP contribution in [0.25, 0.3) is 0 Å². The zero-order chi connectivity index (χ0) is 12.1. The number of rotatable bonds is 3. The maximum Gasteiger partial charge on any atom is 0.146 e. The molecule has 18 heavy (non-hydrogen) atoms. The second kappa shape index (κ2) is 7.20. The second-order valence-electron chi connectivity index (χ2n) is 4.51. The number of hydrogen-bond acceptors (Lipinski definition) is 4. The summed E-state index contributed by atoms with van der Waals surface area (Å²) < 4.78 is 0. The van der Waals surface area contributed by atoms with Crippen molar-refractivity contribution in [2.75, 3.05) is 25.0 Å². The Morgan fingerprint density at radius 2 is 2.39 bits per heavy atom. The zero-order valence-corrected chi connectivity index (χ0v) is 11.4. The average molecular weight is 267 g/mol. The number of aromatic nitrogens is 1. The molecule has 0 amide bonds. The first-order valence-corrected chi connectivity index (χ1v) is 6.11. The van der Waals surface area contributed by atoms with Crippen LogP contribution in [0.5, 0.6) is 0 Å². The summed E-state index contributed by atoms with van der Waals surface area (Å²) in [4.78, 5) is 6.36. The maximum atomic E-state index is 9.04. The van der Waals surface area contributed by atoms with Crippen LogP contribution < -0.4 is 10.2 Å². The average Bonchev–Trinajstić information content (AvgIpc) is 2.40. The van der Waals surface area contributed by atoms with Crippen molar-refractivity contribution in [2.24, 2.45) is 0 Å². The number of likely N-dealkylation sites (N-methyl/N-ethyl adjacent to an activating group) is 1. The highest BCUT2D eigenvalue weighted by Gasteiger charge is 2.16. The fraction of sp³-hybridized carbons (Fsp3) is 0.538. The smallest absolute Gasteiger partial charge is 0.146 e. The molecular weight excluding hydrogens is 248 g/mol. The van der Waals surface area contributed by atoms with Crippen molar-refractivity contribution in [3.8, 4) is 6.07 Å². The fourth-order valence-electron chi connectivity index (χ4n) is 2.29. The van der Waals surface area contributed by atoms with Gasteiger partial charge in [0.15, 0.2) is 0 Å². The highest BCUT2D eigenvalue weighted by atomic mass is 35.5. The number of hydrogen-bond donors (Lipinski definition) is 1. The van der Waals surface area contributed by atoms with E-state index < -0.39 is 0 Å². The first kappa shape index (κ1) is 14.7. The van der Waals surface area contributed by atoms with E-state index in [9.17, 15) is 0 Å². The maximum absolute atomic E-state index is 9.04. The van der Waals surface area contributed by atoms with Crippen LogP contribution in [-0.4, -0.2) is 31.2 Å². The van der Waals surface area contributed by atoms with Crippen LogP contribution in [0.3, 0.4) is 0 Å². The normalized spacial score (nSPS) is 18.6. The van der Waals surface area contributed by atoms with E-state index in [1.165, 1.54) is 19.3 Å². The number of nitriles is 1. The Labute approximate surface area is 114 Å². The van der Waals surface area contributed by atoms with Crippen LogP contribution in [0.2, 0.25) is 0 Å². The van der Waals surface area contributed by atoms with E-state index in [2.05, 4.69) is 21.3 Å². The molecule has 4 nitrogen and oxygen atoms in total. The largest absolute Gasteiger partial charge is 0.357 e. The number of anilines is 1. The molecular formula is C13H19ClN4. The van der Waals surface area contributed by atoms with Gasteiger partial charge in [0.2, 0.25) is 0 Å². The van der Waals surface area contributed by atoms with E-state index in [1.807, 2.05) is 13.1 Å². The van der Waals surface area contributed by atoms with Crippen molar-refractivity contribution in [1.82, 2.24) is 10.3 Å². The van der Waals surface area contributed by atoms with Crippen molar-refractivity contribution in [2.45, 2.75) is 25.3 Å². The molecule has 1 saturated heterocycles. The van der Waals surface area contributed by atoms with Gasteiger partial charge in [-0.05, 0) is 31.5 Å². The number of nitrogens with zero attached hydrogens (tertiary/aromatic N) is 3. The highest BCUT2D eigenvalue weighted by Crippen LogP contribution is 2.16. The summed E-state index contributed by atoms with van der Waals surface area (Å²) in [5.41, 5.74) is 0.644. The van der Waals surface area contributed by atoms with Crippen molar-refractivity contribution in [3.63, 3.8) is 0 Å². The van der Waals surface area contributed by atoms with Gasteiger partial charge in [-0.15, -0.1) is 12.4 Å². The summed E-state index contributed by atoms with van der Waals surface area (Å²) in [5.74, 6) is 0.780. The molecule has 98 valence electrons. The lowest BCUT2D eigenvalue weighted by atomic mass is 10.0. The van der Waals surface area contributed by atoms with Crippen LogP contribution in [0.1, 0.15) is 24.8 Å². The Morgan fingerprint density at radius 3 is 3.06 bits per heavy atom.